The Balaban J connectivity index is 2.19. The van der Waals surface area contributed by atoms with Crippen LogP contribution in [0.2, 0.25) is 0 Å². The van der Waals surface area contributed by atoms with Crippen molar-refractivity contribution in [2.45, 2.75) is 19.4 Å². The lowest BCUT2D eigenvalue weighted by Gasteiger charge is -2.15. The average Bonchev–Trinajstić information content (AvgIpc) is 2.80. The number of Topliss-reactive ketones (excluding diaryl/α,β-unsaturated/α-hetero) is 1. The van der Waals surface area contributed by atoms with Crippen LogP contribution in [0.3, 0.4) is 0 Å². The van der Waals surface area contributed by atoms with Gasteiger partial charge in [-0.05, 0) is 24.6 Å². The number of ketones is 1. The molecule has 1 aromatic carbocycles. The van der Waals surface area contributed by atoms with Crippen LogP contribution < -0.4 is 0 Å². The van der Waals surface area contributed by atoms with Crippen molar-refractivity contribution in [3.63, 3.8) is 0 Å². The van der Waals surface area contributed by atoms with Crippen LogP contribution >= 0.6 is 0 Å². The standard InChI is InChI=1S/C14H15NO/c1-12(16)14(15-9-5-6-10-15)11-13-7-3-2-4-8-13/h2-10,14H,11H2,1H3/t14-/m0/s1. The molecule has 0 aliphatic carbocycles. The third-order valence-electron chi connectivity index (χ3n) is 2.73. The van der Waals surface area contributed by atoms with E-state index in [2.05, 4.69) is 12.1 Å². The molecule has 0 saturated carbocycles. The quantitative estimate of drug-likeness (QED) is 0.765. The monoisotopic (exact) mass is 213 g/mol. The van der Waals surface area contributed by atoms with Crippen molar-refractivity contribution in [1.29, 1.82) is 0 Å². The van der Waals surface area contributed by atoms with Gasteiger partial charge >= 0.3 is 0 Å². The van der Waals surface area contributed by atoms with Crippen molar-refractivity contribution >= 4 is 5.78 Å². The highest BCUT2D eigenvalue weighted by Gasteiger charge is 2.15. The average molecular weight is 213 g/mol. The highest BCUT2D eigenvalue weighted by Crippen LogP contribution is 2.15. The molecule has 0 N–H and O–H groups in total. The molecule has 2 rings (SSSR count). The molecule has 0 aliphatic rings. The molecule has 0 radical (unpaired) electrons. The number of nitrogens with zero attached hydrogens (tertiary/aromatic N) is 1. The van der Waals surface area contributed by atoms with Gasteiger partial charge in [-0.15, -0.1) is 0 Å². The summed E-state index contributed by atoms with van der Waals surface area (Å²) >= 11 is 0. The van der Waals surface area contributed by atoms with Gasteiger partial charge < -0.3 is 4.57 Å². The maximum Gasteiger partial charge on any atom is 0.152 e. The second-order valence-electron chi connectivity index (χ2n) is 3.95. The summed E-state index contributed by atoms with van der Waals surface area (Å²) in [5.74, 6) is 0.194. The number of hydrogen-bond acceptors (Lipinski definition) is 1. The predicted octanol–water partition coefficient (Wildman–Crippen LogP) is 2.86. The fourth-order valence-corrected chi connectivity index (χ4v) is 1.85. The Hall–Kier alpha value is -1.83. The molecule has 0 amide bonds. The van der Waals surface area contributed by atoms with Crippen LogP contribution in [0.1, 0.15) is 18.5 Å². The van der Waals surface area contributed by atoms with Crippen molar-refractivity contribution in [3.05, 3.63) is 60.4 Å². The summed E-state index contributed by atoms with van der Waals surface area (Å²) < 4.78 is 1.97. The summed E-state index contributed by atoms with van der Waals surface area (Å²) in [6.07, 6.45) is 4.63. The fraction of sp³-hybridized carbons (Fsp3) is 0.214. The molecule has 2 heteroatoms. The highest BCUT2D eigenvalue weighted by atomic mass is 16.1. The zero-order chi connectivity index (χ0) is 11.4. The van der Waals surface area contributed by atoms with Crippen LogP contribution in [0, 0.1) is 0 Å². The van der Waals surface area contributed by atoms with Gasteiger partial charge in [0, 0.05) is 18.8 Å². The molecule has 2 nitrogen and oxygen atoms in total. The van der Waals surface area contributed by atoms with E-state index >= 15 is 0 Å². The minimum Gasteiger partial charge on any atom is -0.344 e. The first-order chi connectivity index (χ1) is 7.77. The van der Waals surface area contributed by atoms with E-state index in [-0.39, 0.29) is 11.8 Å². The molecule has 0 bridgehead atoms. The number of rotatable bonds is 4. The van der Waals surface area contributed by atoms with Crippen LogP contribution in [-0.4, -0.2) is 10.4 Å². The minimum atomic E-state index is -0.0857. The van der Waals surface area contributed by atoms with Crippen LogP contribution in [0.5, 0.6) is 0 Å². The number of hydrogen-bond donors (Lipinski definition) is 0. The maximum atomic E-state index is 11.6. The normalized spacial score (nSPS) is 12.3. The van der Waals surface area contributed by atoms with Gasteiger partial charge in [0.25, 0.3) is 0 Å². The molecule has 1 atom stereocenters. The number of aromatic nitrogens is 1. The molecule has 2 aromatic rings. The van der Waals surface area contributed by atoms with Crippen molar-refractivity contribution in [2.75, 3.05) is 0 Å². The van der Waals surface area contributed by atoms with E-state index < -0.39 is 0 Å². The molecule has 16 heavy (non-hydrogen) atoms. The van der Waals surface area contributed by atoms with Gasteiger partial charge in [0.2, 0.25) is 0 Å². The maximum absolute atomic E-state index is 11.6. The number of carbonyl (C=O) groups is 1. The molecule has 82 valence electrons. The summed E-state index contributed by atoms with van der Waals surface area (Å²) in [4.78, 5) is 11.6. The van der Waals surface area contributed by atoms with Crippen molar-refractivity contribution in [1.82, 2.24) is 4.57 Å². The summed E-state index contributed by atoms with van der Waals surface area (Å²) in [7, 11) is 0. The molecular formula is C14H15NO. The summed E-state index contributed by atoms with van der Waals surface area (Å²) in [6, 6.07) is 13.9. The topological polar surface area (TPSA) is 22.0 Å². The minimum absolute atomic E-state index is 0.0857. The van der Waals surface area contributed by atoms with Crippen LogP contribution in [-0.2, 0) is 11.2 Å². The van der Waals surface area contributed by atoms with Gasteiger partial charge in [-0.2, -0.15) is 0 Å². The van der Waals surface area contributed by atoms with Crippen LogP contribution in [0.25, 0.3) is 0 Å². The van der Waals surface area contributed by atoms with E-state index in [4.69, 9.17) is 0 Å². The molecular weight excluding hydrogens is 198 g/mol. The largest absolute Gasteiger partial charge is 0.344 e. The first kappa shape index (κ1) is 10.7. The lowest BCUT2D eigenvalue weighted by atomic mass is 10.0. The molecule has 0 spiro atoms. The first-order valence-electron chi connectivity index (χ1n) is 5.44. The van der Waals surface area contributed by atoms with Crippen molar-refractivity contribution in [3.8, 4) is 0 Å². The predicted molar refractivity (Wildman–Crippen MR) is 64.3 cm³/mol. The van der Waals surface area contributed by atoms with E-state index in [1.54, 1.807) is 6.92 Å². The fourth-order valence-electron chi connectivity index (χ4n) is 1.85. The second kappa shape index (κ2) is 4.79. The third kappa shape index (κ3) is 2.40. The summed E-state index contributed by atoms with van der Waals surface area (Å²) in [6.45, 7) is 1.65. The van der Waals surface area contributed by atoms with E-state index in [0.717, 1.165) is 6.42 Å². The van der Waals surface area contributed by atoms with Gasteiger partial charge in [0.15, 0.2) is 5.78 Å². The van der Waals surface area contributed by atoms with E-state index in [1.165, 1.54) is 5.56 Å². The lowest BCUT2D eigenvalue weighted by molar-refractivity contribution is -0.120. The van der Waals surface area contributed by atoms with E-state index in [1.807, 2.05) is 47.3 Å². The van der Waals surface area contributed by atoms with Crippen molar-refractivity contribution < 1.29 is 4.79 Å². The Morgan fingerprint density at radius 3 is 2.31 bits per heavy atom. The number of carbonyl (C=O) groups excluding carboxylic acids is 1. The van der Waals surface area contributed by atoms with Gasteiger partial charge in [-0.25, -0.2) is 0 Å². The SMILES string of the molecule is CC(=O)[C@H](Cc1ccccc1)n1cccc1. The molecule has 1 aromatic heterocycles. The third-order valence-corrected chi connectivity index (χ3v) is 2.73. The lowest BCUT2D eigenvalue weighted by Crippen LogP contribution is -2.18. The number of benzene rings is 1. The van der Waals surface area contributed by atoms with Gasteiger partial charge in [-0.3, -0.25) is 4.79 Å². The highest BCUT2D eigenvalue weighted by molar-refractivity contribution is 5.80. The van der Waals surface area contributed by atoms with Crippen LogP contribution in [0.4, 0.5) is 0 Å². The Morgan fingerprint density at radius 2 is 1.75 bits per heavy atom. The Bertz CT molecular complexity index is 445. The van der Waals surface area contributed by atoms with E-state index in [0.29, 0.717) is 0 Å². The van der Waals surface area contributed by atoms with Gasteiger partial charge in [0.05, 0.1) is 6.04 Å². The van der Waals surface area contributed by atoms with Gasteiger partial charge in [0.1, 0.15) is 0 Å². The zero-order valence-corrected chi connectivity index (χ0v) is 9.34. The summed E-state index contributed by atoms with van der Waals surface area (Å²) in [5.41, 5.74) is 1.19. The zero-order valence-electron chi connectivity index (χ0n) is 9.34. The van der Waals surface area contributed by atoms with E-state index in [9.17, 15) is 4.79 Å². The Labute approximate surface area is 95.5 Å². The second-order valence-corrected chi connectivity index (χ2v) is 3.95. The molecule has 0 fully saturated rings. The molecule has 1 heterocycles. The Kier molecular flexibility index (Phi) is 3.20. The van der Waals surface area contributed by atoms with Crippen LogP contribution in [0.15, 0.2) is 54.9 Å². The smallest absolute Gasteiger partial charge is 0.152 e. The van der Waals surface area contributed by atoms with Gasteiger partial charge in [-0.1, -0.05) is 30.3 Å². The van der Waals surface area contributed by atoms with Crippen molar-refractivity contribution in [2.24, 2.45) is 0 Å². The first-order valence-corrected chi connectivity index (χ1v) is 5.44. The molecule has 0 aliphatic heterocycles. The molecule has 0 saturated heterocycles. The molecule has 0 unspecified atom stereocenters. The summed E-state index contributed by atoms with van der Waals surface area (Å²) in [5, 5.41) is 0. The Morgan fingerprint density at radius 1 is 1.12 bits per heavy atom.